The van der Waals surface area contributed by atoms with Crippen molar-refractivity contribution in [3.05, 3.63) is 59.1 Å². The first-order chi connectivity index (χ1) is 8.66. The molecule has 5 heteroatoms. The first kappa shape index (κ1) is 12.3. The van der Waals surface area contributed by atoms with Gasteiger partial charge in [-0.05, 0) is 24.3 Å². The monoisotopic (exact) mass is 264 g/mol. The van der Waals surface area contributed by atoms with E-state index in [1.807, 2.05) is 0 Å². The van der Waals surface area contributed by atoms with E-state index in [9.17, 15) is 4.79 Å². The third kappa shape index (κ3) is 2.93. The summed E-state index contributed by atoms with van der Waals surface area (Å²) in [6, 6.07) is 12.8. The van der Waals surface area contributed by atoms with Gasteiger partial charge in [-0.1, -0.05) is 29.8 Å². The van der Waals surface area contributed by atoms with Crippen LogP contribution in [0.5, 0.6) is 11.5 Å². The van der Waals surface area contributed by atoms with Crippen LogP contribution in [0.15, 0.2) is 48.5 Å². The molecule has 0 bridgehead atoms. The highest BCUT2D eigenvalue weighted by Crippen LogP contribution is 2.21. The summed E-state index contributed by atoms with van der Waals surface area (Å²) in [7, 11) is 0. The van der Waals surface area contributed by atoms with Gasteiger partial charge in [-0.2, -0.15) is 0 Å². The van der Waals surface area contributed by atoms with Crippen molar-refractivity contribution in [2.24, 2.45) is 0 Å². The number of carboxylic acids is 1. The molecule has 0 unspecified atom stereocenters. The Kier molecular flexibility index (Phi) is 3.69. The predicted molar refractivity (Wildman–Crippen MR) is 66.1 cm³/mol. The molecule has 0 radical (unpaired) electrons. The van der Waals surface area contributed by atoms with Gasteiger partial charge in [-0.15, -0.1) is 0 Å². The summed E-state index contributed by atoms with van der Waals surface area (Å²) in [4.78, 5) is 20.9. The number of halogens is 1. The molecule has 4 nitrogen and oxygen atoms in total. The van der Waals surface area contributed by atoms with Crippen LogP contribution in [0.1, 0.15) is 10.4 Å². The lowest BCUT2D eigenvalue weighted by atomic mass is 10.2. The van der Waals surface area contributed by atoms with Crippen molar-refractivity contribution in [1.29, 1.82) is 0 Å². The molecule has 0 atom stereocenters. The fourth-order valence-corrected chi connectivity index (χ4v) is 1.51. The molecule has 0 amide bonds. The number of hydrogen-bond donors (Lipinski definition) is 1. The Balaban J connectivity index is 2.13. The molecule has 0 aromatic heterocycles. The molecule has 2 rings (SSSR count). The van der Waals surface area contributed by atoms with Crippen LogP contribution in [0.2, 0.25) is 5.02 Å². The molecule has 2 aromatic carbocycles. The van der Waals surface area contributed by atoms with Crippen LogP contribution < -0.4 is 9.78 Å². The molecule has 0 aliphatic rings. The fraction of sp³-hybridized carbons (Fsp3) is 0. The van der Waals surface area contributed by atoms with Gasteiger partial charge < -0.3 is 5.11 Å². The maximum Gasteiger partial charge on any atom is 0.339 e. The van der Waals surface area contributed by atoms with Gasteiger partial charge >= 0.3 is 5.97 Å². The normalized spacial score (nSPS) is 9.83. The fourth-order valence-electron chi connectivity index (χ4n) is 1.33. The van der Waals surface area contributed by atoms with Crippen molar-refractivity contribution in [2.45, 2.75) is 0 Å². The van der Waals surface area contributed by atoms with Crippen LogP contribution in [-0.2, 0) is 0 Å². The first-order valence-electron chi connectivity index (χ1n) is 5.09. The summed E-state index contributed by atoms with van der Waals surface area (Å²) in [6.07, 6.45) is 0. The van der Waals surface area contributed by atoms with E-state index < -0.39 is 5.97 Å². The number of aromatic carboxylic acids is 1. The Labute approximate surface area is 108 Å². The average Bonchev–Trinajstić information content (AvgIpc) is 2.37. The van der Waals surface area contributed by atoms with Crippen LogP contribution in [0.3, 0.4) is 0 Å². The Morgan fingerprint density at radius 1 is 1.06 bits per heavy atom. The van der Waals surface area contributed by atoms with Crippen LogP contribution in [0.4, 0.5) is 0 Å². The largest absolute Gasteiger partial charge is 0.478 e. The highest BCUT2D eigenvalue weighted by molar-refractivity contribution is 6.30. The predicted octanol–water partition coefficient (Wildman–Crippen LogP) is 3.41. The van der Waals surface area contributed by atoms with E-state index in [0.29, 0.717) is 10.8 Å². The van der Waals surface area contributed by atoms with Gasteiger partial charge in [0.2, 0.25) is 0 Å². The van der Waals surface area contributed by atoms with Crippen molar-refractivity contribution in [3.63, 3.8) is 0 Å². The minimum absolute atomic E-state index is 0.0273. The van der Waals surface area contributed by atoms with Crippen molar-refractivity contribution >= 4 is 17.6 Å². The van der Waals surface area contributed by atoms with Crippen molar-refractivity contribution in [1.82, 2.24) is 0 Å². The number of hydrogen-bond acceptors (Lipinski definition) is 3. The lowest BCUT2D eigenvalue weighted by Crippen LogP contribution is -2.06. The zero-order chi connectivity index (χ0) is 13.0. The summed E-state index contributed by atoms with van der Waals surface area (Å²) in [5.41, 5.74) is 0.0273. The van der Waals surface area contributed by atoms with Gasteiger partial charge in [-0.25, -0.2) is 4.79 Å². The lowest BCUT2D eigenvalue weighted by molar-refractivity contribution is -0.101. The van der Waals surface area contributed by atoms with E-state index in [-0.39, 0.29) is 11.3 Å². The minimum Gasteiger partial charge on any atom is -0.478 e. The Bertz CT molecular complexity index is 568. The van der Waals surface area contributed by atoms with Crippen LogP contribution in [0, 0.1) is 0 Å². The lowest BCUT2D eigenvalue weighted by Gasteiger charge is -2.07. The Morgan fingerprint density at radius 2 is 1.83 bits per heavy atom. The summed E-state index contributed by atoms with van der Waals surface area (Å²) in [6.45, 7) is 0. The van der Waals surface area contributed by atoms with E-state index in [1.165, 1.54) is 12.1 Å². The molecule has 92 valence electrons. The van der Waals surface area contributed by atoms with Gasteiger partial charge in [0.05, 0.1) is 0 Å². The molecule has 2 aromatic rings. The first-order valence-corrected chi connectivity index (χ1v) is 5.47. The summed E-state index contributed by atoms with van der Waals surface area (Å²) in [5.74, 6) is -0.562. The second-order valence-electron chi connectivity index (χ2n) is 3.43. The molecule has 0 spiro atoms. The van der Waals surface area contributed by atoms with E-state index >= 15 is 0 Å². The maximum absolute atomic E-state index is 10.9. The SMILES string of the molecule is O=C(O)c1ccccc1OOc1cccc(Cl)c1. The molecule has 0 saturated carbocycles. The second-order valence-corrected chi connectivity index (χ2v) is 3.86. The second kappa shape index (κ2) is 5.42. The van der Waals surface area contributed by atoms with Crippen molar-refractivity contribution in [3.8, 4) is 11.5 Å². The van der Waals surface area contributed by atoms with Crippen molar-refractivity contribution in [2.75, 3.05) is 0 Å². The number of carbonyl (C=O) groups is 1. The van der Waals surface area contributed by atoms with Gasteiger partial charge in [0, 0.05) is 11.1 Å². The highest BCUT2D eigenvalue weighted by Gasteiger charge is 2.11. The molecule has 18 heavy (non-hydrogen) atoms. The third-order valence-electron chi connectivity index (χ3n) is 2.14. The van der Waals surface area contributed by atoms with E-state index in [1.54, 1.807) is 36.4 Å². The molecule has 0 fully saturated rings. The summed E-state index contributed by atoms with van der Waals surface area (Å²) < 4.78 is 0. The van der Waals surface area contributed by atoms with Crippen LogP contribution >= 0.6 is 11.6 Å². The van der Waals surface area contributed by atoms with Crippen molar-refractivity contribution < 1.29 is 19.7 Å². The zero-order valence-electron chi connectivity index (χ0n) is 9.17. The molecular formula is C13H9ClO4. The van der Waals surface area contributed by atoms with Gasteiger partial charge in [0.1, 0.15) is 5.56 Å². The zero-order valence-corrected chi connectivity index (χ0v) is 9.92. The summed E-state index contributed by atoms with van der Waals surface area (Å²) in [5, 5.41) is 9.45. The van der Waals surface area contributed by atoms with Gasteiger partial charge in [0.25, 0.3) is 0 Å². The Hall–Kier alpha value is -2.20. The van der Waals surface area contributed by atoms with E-state index in [4.69, 9.17) is 26.5 Å². The molecule has 0 aliphatic heterocycles. The number of carboxylic acid groups (broad SMARTS) is 1. The Morgan fingerprint density at radius 3 is 2.56 bits per heavy atom. The summed E-state index contributed by atoms with van der Waals surface area (Å²) >= 11 is 5.78. The molecule has 0 aliphatic carbocycles. The van der Waals surface area contributed by atoms with Crippen LogP contribution in [0.25, 0.3) is 0 Å². The highest BCUT2D eigenvalue weighted by atomic mass is 35.5. The van der Waals surface area contributed by atoms with Gasteiger partial charge in [0.15, 0.2) is 11.5 Å². The number of para-hydroxylation sites is 1. The van der Waals surface area contributed by atoms with Gasteiger partial charge in [-0.3, -0.25) is 9.78 Å². The molecule has 0 heterocycles. The number of benzene rings is 2. The van der Waals surface area contributed by atoms with E-state index in [2.05, 4.69) is 0 Å². The average molecular weight is 265 g/mol. The molecule has 0 saturated heterocycles. The third-order valence-corrected chi connectivity index (χ3v) is 2.38. The molecule has 1 N–H and O–H groups in total. The topological polar surface area (TPSA) is 55.8 Å². The maximum atomic E-state index is 10.9. The van der Waals surface area contributed by atoms with E-state index in [0.717, 1.165) is 0 Å². The van der Waals surface area contributed by atoms with Crippen LogP contribution in [-0.4, -0.2) is 11.1 Å². The quantitative estimate of drug-likeness (QED) is 0.679. The standard InChI is InChI=1S/C13H9ClO4/c14-9-4-3-5-10(8-9)17-18-12-7-2-1-6-11(12)13(15)16/h1-8H,(H,15,16). The minimum atomic E-state index is -1.08. The smallest absolute Gasteiger partial charge is 0.339 e. The number of rotatable bonds is 4. The molecular weight excluding hydrogens is 256 g/mol.